The molecule has 9 heteroatoms. The molecule has 1 aromatic heterocycles. The molecule has 110 valence electrons. The highest BCUT2D eigenvalue weighted by atomic mass is 35.5. The van der Waals surface area contributed by atoms with E-state index in [1.54, 1.807) is 0 Å². The van der Waals surface area contributed by atoms with Crippen LogP contribution in [0.1, 0.15) is 15.9 Å². The monoisotopic (exact) mass is 335 g/mol. The van der Waals surface area contributed by atoms with Crippen molar-refractivity contribution in [2.45, 2.75) is 6.18 Å². The Balaban J connectivity index is 2.21. The van der Waals surface area contributed by atoms with Crippen molar-refractivity contribution in [3.63, 3.8) is 0 Å². The fraction of sp³-hybridized carbons (Fsp3) is 0.0833. The lowest BCUT2D eigenvalue weighted by Gasteiger charge is -2.09. The number of amides is 1. The van der Waals surface area contributed by atoms with Crippen LogP contribution in [-0.2, 0) is 6.18 Å². The van der Waals surface area contributed by atoms with Crippen LogP contribution in [0, 0.1) is 0 Å². The van der Waals surface area contributed by atoms with Crippen molar-refractivity contribution in [2.75, 3.05) is 5.32 Å². The summed E-state index contributed by atoms with van der Waals surface area (Å²) >= 11 is 11.5. The molecule has 1 amide bonds. The van der Waals surface area contributed by atoms with E-state index in [4.69, 9.17) is 23.2 Å². The molecule has 4 nitrogen and oxygen atoms in total. The van der Waals surface area contributed by atoms with Gasteiger partial charge < -0.3 is 5.32 Å². The van der Waals surface area contributed by atoms with Crippen LogP contribution in [-0.4, -0.2) is 15.9 Å². The molecule has 1 N–H and O–H groups in total. The van der Waals surface area contributed by atoms with Gasteiger partial charge in [-0.25, -0.2) is 9.97 Å². The lowest BCUT2D eigenvalue weighted by Crippen LogP contribution is -2.14. The van der Waals surface area contributed by atoms with E-state index in [0.717, 1.165) is 30.6 Å². The van der Waals surface area contributed by atoms with Gasteiger partial charge in [0.1, 0.15) is 12.0 Å². The van der Waals surface area contributed by atoms with Gasteiger partial charge in [0.15, 0.2) is 10.3 Å². The zero-order valence-corrected chi connectivity index (χ0v) is 11.6. The maximum Gasteiger partial charge on any atom is 0.416 e. The van der Waals surface area contributed by atoms with Gasteiger partial charge in [-0.05, 0) is 24.3 Å². The number of aromatic nitrogens is 2. The van der Waals surface area contributed by atoms with Crippen LogP contribution in [0.15, 0.2) is 30.6 Å². The third kappa shape index (κ3) is 3.62. The molecule has 0 saturated heterocycles. The molecule has 2 aromatic rings. The smallest absolute Gasteiger partial charge is 0.317 e. The molecule has 0 unspecified atom stereocenters. The molecular weight excluding hydrogens is 330 g/mol. The van der Waals surface area contributed by atoms with Crippen LogP contribution >= 0.6 is 23.2 Å². The van der Waals surface area contributed by atoms with E-state index in [2.05, 4.69) is 15.3 Å². The first-order valence-electron chi connectivity index (χ1n) is 5.43. The molecule has 21 heavy (non-hydrogen) atoms. The fourth-order valence-electron chi connectivity index (χ4n) is 1.44. The molecule has 1 heterocycles. The summed E-state index contributed by atoms with van der Waals surface area (Å²) < 4.78 is 37.3. The minimum absolute atomic E-state index is 0.00858. The van der Waals surface area contributed by atoms with Crippen molar-refractivity contribution in [3.8, 4) is 0 Å². The van der Waals surface area contributed by atoms with E-state index in [1.807, 2.05) is 0 Å². The Labute approximate surface area is 126 Å². The standard InChI is InChI=1S/C12H6Cl2F3N3O/c13-9-8(10(14)19-5-18-9)20-11(21)6-1-3-7(4-2-6)12(15,16)17/h1-5H,(H,20,21). The average Bonchev–Trinajstić information content (AvgIpc) is 2.42. The third-order valence-electron chi connectivity index (χ3n) is 2.47. The average molecular weight is 336 g/mol. The Hall–Kier alpha value is -1.86. The summed E-state index contributed by atoms with van der Waals surface area (Å²) in [4.78, 5) is 19.2. The Bertz CT molecular complexity index is 654. The number of carbonyl (C=O) groups is 1. The first kappa shape index (κ1) is 15.5. The Kier molecular flexibility index (Phi) is 4.34. The van der Waals surface area contributed by atoms with Gasteiger partial charge in [0.05, 0.1) is 5.56 Å². The molecule has 1 aromatic carbocycles. The van der Waals surface area contributed by atoms with Crippen LogP contribution in [0.2, 0.25) is 10.3 Å². The van der Waals surface area contributed by atoms with Crippen molar-refractivity contribution < 1.29 is 18.0 Å². The van der Waals surface area contributed by atoms with E-state index >= 15 is 0 Å². The van der Waals surface area contributed by atoms with Crippen molar-refractivity contribution in [3.05, 3.63) is 52.0 Å². The van der Waals surface area contributed by atoms with Crippen LogP contribution in [0.4, 0.5) is 18.9 Å². The molecule has 0 bridgehead atoms. The number of carbonyl (C=O) groups excluding carboxylic acids is 1. The molecule has 0 saturated carbocycles. The van der Waals surface area contributed by atoms with Gasteiger partial charge in [0.2, 0.25) is 0 Å². The van der Waals surface area contributed by atoms with Gasteiger partial charge in [-0.3, -0.25) is 4.79 Å². The molecule has 0 spiro atoms. The van der Waals surface area contributed by atoms with Crippen molar-refractivity contribution in [2.24, 2.45) is 0 Å². The quantitative estimate of drug-likeness (QED) is 0.842. The second-order valence-electron chi connectivity index (χ2n) is 3.86. The minimum atomic E-state index is -4.46. The van der Waals surface area contributed by atoms with E-state index in [0.29, 0.717) is 0 Å². The van der Waals surface area contributed by atoms with Gasteiger partial charge >= 0.3 is 6.18 Å². The largest absolute Gasteiger partial charge is 0.416 e. The molecule has 0 fully saturated rings. The second kappa shape index (κ2) is 5.87. The topological polar surface area (TPSA) is 54.9 Å². The maximum atomic E-state index is 12.4. The summed E-state index contributed by atoms with van der Waals surface area (Å²) in [6, 6.07) is 3.70. The van der Waals surface area contributed by atoms with E-state index in [-0.39, 0.29) is 21.6 Å². The van der Waals surface area contributed by atoms with Crippen LogP contribution in [0.5, 0.6) is 0 Å². The minimum Gasteiger partial charge on any atom is -0.317 e. The number of alkyl halides is 3. The molecule has 2 rings (SSSR count). The molecule has 0 radical (unpaired) electrons. The summed E-state index contributed by atoms with van der Waals surface area (Å²) in [5, 5.41) is 2.20. The zero-order valence-electron chi connectivity index (χ0n) is 10.1. The molecule has 0 aliphatic heterocycles. The fourth-order valence-corrected chi connectivity index (χ4v) is 1.85. The maximum absolute atomic E-state index is 12.4. The summed E-state index contributed by atoms with van der Waals surface area (Å²) in [6.07, 6.45) is -3.35. The van der Waals surface area contributed by atoms with E-state index < -0.39 is 17.6 Å². The highest BCUT2D eigenvalue weighted by molar-refractivity contribution is 6.38. The van der Waals surface area contributed by atoms with Crippen LogP contribution in [0.3, 0.4) is 0 Å². The lowest BCUT2D eigenvalue weighted by molar-refractivity contribution is -0.137. The predicted molar refractivity (Wildman–Crippen MR) is 71.4 cm³/mol. The normalized spacial score (nSPS) is 11.3. The summed E-state index contributed by atoms with van der Waals surface area (Å²) in [5.74, 6) is -0.678. The Morgan fingerprint density at radius 3 is 2.05 bits per heavy atom. The number of anilines is 1. The predicted octanol–water partition coefficient (Wildman–Crippen LogP) is 4.05. The van der Waals surface area contributed by atoms with Crippen molar-refractivity contribution in [1.82, 2.24) is 9.97 Å². The Morgan fingerprint density at radius 2 is 1.57 bits per heavy atom. The number of benzene rings is 1. The van der Waals surface area contributed by atoms with Gasteiger partial charge in [-0.2, -0.15) is 13.2 Å². The Morgan fingerprint density at radius 1 is 1.05 bits per heavy atom. The highest BCUT2D eigenvalue weighted by Crippen LogP contribution is 2.30. The van der Waals surface area contributed by atoms with Crippen LogP contribution in [0.25, 0.3) is 0 Å². The first-order chi connectivity index (χ1) is 9.79. The van der Waals surface area contributed by atoms with Crippen LogP contribution < -0.4 is 5.32 Å². The number of hydrogen-bond acceptors (Lipinski definition) is 3. The molecule has 0 aliphatic rings. The summed E-state index contributed by atoms with van der Waals surface area (Å²) in [7, 11) is 0. The summed E-state index contributed by atoms with van der Waals surface area (Å²) in [5.41, 5.74) is -0.845. The number of nitrogens with zero attached hydrogens (tertiary/aromatic N) is 2. The van der Waals surface area contributed by atoms with E-state index in [9.17, 15) is 18.0 Å². The number of rotatable bonds is 2. The third-order valence-corrected chi connectivity index (χ3v) is 3.04. The zero-order chi connectivity index (χ0) is 15.6. The summed E-state index contributed by atoms with van der Waals surface area (Å²) in [6.45, 7) is 0. The highest BCUT2D eigenvalue weighted by Gasteiger charge is 2.30. The molecular formula is C12H6Cl2F3N3O. The number of halogens is 5. The van der Waals surface area contributed by atoms with Crippen molar-refractivity contribution in [1.29, 1.82) is 0 Å². The number of nitrogens with one attached hydrogen (secondary N) is 1. The second-order valence-corrected chi connectivity index (χ2v) is 4.58. The van der Waals surface area contributed by atoms with Gasteiger partial charge in [0, 0.05) is 5.56 Å². The van der Waals surface area contributed by atoms with Gasteiger partial charge in [-0.1, -0.05) is 23.2 Å². The van der Waals surface area contributed by atoms with Gasteiger partial charge in [-0.15, -0.1) is 0 Å². The van der Waals surface area contributed by atoms with E-state index in [1.165, 1.54) is 0 Å². The number of hydrogen-bond donors (Lipinski definition) is 1. The van der Waals surface area contributed by atoms with Gasteiger partial charge in [0.25, 0.3) is 5.91 Å². The molecule has 0 atom stereocenters. The SMILES string of the molecule is O=C(Nc1c(Cl)ncnc1Cl)c1ccc(C(F)(F)F)cc1. The molecule has 0 aliphatic carbocycles. The first-order valence-corrected chi connectivity index (χ1v) is 6.19. The van der Waals surface area contributed by atoms with Crippen molar-refractivity contribution >= 4 is 34.8 Å². The lowest BCUT2D eigenvalue weighted by atomic mass is 10.1.